The minimum Gasteiger partial charge on any atom is -0.497 e. The number of hydrogen-bond acceptors (Lipinski definition) is 6. The molecule has 30 heavy (non-hydrogen) atoms. The van der Waals surface area contributed by atoms with E-state index in [1.54, 1.807) is 57.6 Å². The van der Waals surface area contributed by atoms with Crippen LogP contribution in [0.2, 0.25) is 5.02 Å². The van der Waals surface area contributed by atoms with Crippen LogP contribution >= 0.6 is 11.6 Å². The van der Waals surface area contributed by atoms with Gasteiger partial charge in [-0.1, -0.05) is 16.8 Å². The SMILES string of the molecule is COc1ccc(/C=C/c2nc3ccc(Cl)cc3c(=O)n2-c2cc(C)on2)c(OC)c1. The number of methoxy groups -OCH3 is 2. The second kappa shape index (κ2) is 8.04. The Labute approximate surface area is 177 Å². The Morgan fingerprint density at radius 1 is 1.07 bits per heavy atom. The zero-order valence-corrected chi connectivity index (χ0v) is 17.3. The van der Waals surface area contributed by atoms with Crippen LogP contribution in [0.25, 0.3) is 28.9 Å². The van der Waals surface area contributed by atoms with Crippen molar-refractivity contribution >= 4 is 34.7 Å². The highest BCUT2D eigenvalue weighted by atomic mass is 35.5. The van der Waals surface area contributed by atoms with Crippen LogP contribution in [0.1, 0.15) is 17.1 Å². The molecule has 0 fully saturated rings. The van der Waals surface area contributed by atoms with E-state index in [9.17, 15) is 4.79 Å². The van der Waals surface area contributed by atoms with Gasteiger partial charge in [0, 0.05) is 22.7 Å². The number of ether oxygens (including phenoxy) is 2. The third-order valence-corrected chi connectivity index (χ3v) is 4.79. The Hall–Kier alpha value is -3.58. The van der Waals surface area contributed by atoms with E-state index in [1.807, 2.05) is 18.2 Å². The highest BCUT2D eigenvalue weighted by Crippen LogP contribution is 2.26. The first-order valence-corrected chi connectivity index (χ1v) is 9.44. The molecule has 7 nitrogen and oxygen atoms in total. The average Bonchev–Trinajstić information content (AvgIpc) is 3.18. The topological polar surface area (TPSA) is 79.4 Å². The molecule has 0 radical (unpaired) electrons. The third kappa shape index (κ3) is 3.67. The van der Waals surface area contributed by atoms with E-state index in [1.165, 1.54) is 4.57 Å². The molecule has 0 N–H and O–H groups in total. The summed E-state index contributed by atoms with van der Waals surface area (Å²) in [6.07, 6.45) is 3.54. The lowest BCUT2D eigenvalue weighted by Crippen LogP contribution is -2.22. The molecule has 8 heteroatoms. The molecule has 152 valence electrons. The van der Waals surface area contributed by atoms with Gasteiger partial charge in [-0.15, -0.1) is 0 Å². The maximum absolute atomic E-state index is 13.2. The molecule has 0 bridgehead atoms. The van der Waals surface area contributed by atoms with Crippen molar-refractivity contribution in [2.24, 2.45) is 0 Å². The van der Waals surface area contributed by atoms with Crippen LogP contribution in [0, 0.1) is 6.92 Å². The molecule has 0 saturated heterocycles. The highest BCUT2D eigenvalue weighted by molar-refractivity contribution is 6.31. The predicted octanol–water partition coefficient (Wildman–Crippen LogP) is 4.52. The number of halogens is 1. The molecule has 0 spiro atoms. The number of benzene rings is 2. The van der Waals surface area contributed by atoms with E-state index < -0.39 is 0 Å². The van der Waals surface area contributed by atoms with Gasteiger partial charge in [-0.2, -0.15) is 0 Å². The van der Waals surface area contributed by atoms with Crippen molar-refractivity contribution in [3.05, 3.63) is 75.0 Å². The Balaban J connectivity index is 1.91. The largest absolute Gasteiger partial charge is 0.497 e. The molecular weight excluding hydrogens is 406 g/mol. The molecule has 2 aromatic heterocycles. The number of aromatic nitrogens is 3. The number of fused-ring (bicyclic) bond motifs is 1. The molecule has 0 aliphatic carbocycles. The van der Waals surface area contributed by atoms with Gasteiger partial charge in [0.05, 0.1) is 25.1 Å². The fourth-order valence-corrected chi connectivity index (χ4v) is 3.26. The third-order valence-electron chi connectivity index (χ3n) is 4.55. The van der Waals surface area contributed by atoms with Gasteiger partial charge in [-0.25, -0.2) is 9.55 Å². The van der Waals surface area contributed by atoms with Crippen molar-refractivity contribution in [2.45, 2.75) is 6.92 Å². The number of nitrogens with zero attached hydrogens (tertiary/aromatic N) is 3. The van der Waals surface area contributed by atoms with Gasteiger partial charge in [-0.05, 0) is 49.4 Å². The van der Waals surface area contributed by atoms with Gasteiger partial charge in [-0.3, -0.25) is 4.79 Å². The van der Waals surface area contributed by atoms with Crippen molar-refractivity contribution in [3.8, 4) is 17.3 Å². The summed E-state index contributed by atoms with van der Waals surface area (Å²) in [6, 6.07) is 12.1. The quantitative estimate of drug-likeness (QED) is 0.469. The molecule has 2 heterocycles. The van der Waals surface area contributed by atoms with E-state index in [-0.39, 0.29) is 5.56 Å². The smallest absolute Gasteiger partial charge is 0.267 e. The van der Waals surface area contributed by atoms with Gasteiger partial charge in [0.15, 0.2) is 5.82 Å². The van der Waals surface area contributed by atoms with E-state index >= 15 is 0 Å². The summed E-state index contributed by atoms with van der Waals surface area (Å²) in [5.74, 6) is 2.62. The zero-order chi connectivity index (χ0) is 21.3. The van der Waals surface area contributed by atoms with Crippen molar-refractivity contribution < 1.29 is 14.0 Å². The lowest BCUT2D eigenvalue weighted by Gasteiger charge is -2.09. The fourth-order valence-electron chi connectivity index (χ4n) is 3.09. The normalized spacial score (nSPS) is 11.3. The monoisotopic (exact) mass is 423 g/mol. The Morgan fingerprint density at radius 3 is 2.60 bits per heavy atom. The second-order valence-electron chi connectivity index (χ2n) is 6.51. The van der Waals surface area contributed by atoms with Crippen LogP contribution in [0.15, 0.2) is 51.8 Å². The van der Waals surface area contributed by atoms with E-state index in [0.717, 1.165) is 5.56 Å². The van der Waals surface area contributed by atoms with E-state index in [0.29, 0.717) is 44.8 Å². The summed E-state index contributed by atoms with van der Waals surface area (Å²) >= 11 is 6.08. The summed E-state index contributed by atoms with van der Waals surface area (Å²) in [7, 11) is 3.17. The standard InChI is InChI=1S/C22H18ClN3O4/c1-13-10-21(25-30-13)26-20(24-18-8-6-15(23)11-17(18)22(26)27)9-5-14-4-7-16(28-2)12-19(14)29-3/h4-12H,1-3H3/b9-5+. The first-order chi connectivity index (χ1) is 14.5. The minimum atomic E-state index is -0.294. The Morgan fingerprint density at radius 2 is 1.90 bits per heavy atom. The molecular formula is C22H18ClN3O4. The molecule has 2 aromatic carbocycles. The zero-order valence-electron chi connectivity index (χ0n) is 16.5. The Bertz CT molecular complexity index is 1320. The number of hydrogen-bond donors (Lipinski definition) is 0. The molecule has 0 amide bonds. The molecule has 0 atom stereocenters. The first kappa shape index (κ1) is 19.7. The highest BCUT2D eigenvalue weighted by Gasteiger charge is 2.15. The number of rotatable bonds is 5. The summed E-state index contributed by atoms with van der Waals surface area (Å²) in [5.41, 5.74) is 1.03. The fraction of sp³-hybridized carbons (Fsp3) is 0.136. The molecule has 0 unspecified atom stereocenters. The van der Waals surface area contributed by atoms with Crippen molar-refractivity contribution in [1.29, 1.82) is 0 Å². The summed E-state index contributed by atoms with van der Waals surface area (Å²) in [4.78, 5) is 17.9. The maximum Gasteiger partial charge on any atom is 0.267 e. The van der Waals surface area contributed by atoms with Crippen LogP contribution in [0.3, 0.4) is 0 Å². The van der Waals surface area contributed by atoms with Crippen LogP contribution in [-0.4, -0.2) is 28.9 Å². The van der Waals surface area contributed by atoms with E-state index in [2.05, 4.69) is 10.1 Å². The van der Waals surface area contributed by atoms with Crippen molar-refractivity contribution in [2.75, 3.05) is 14.2 Å². The Kier molecular flexibility index (Phi) is 5.29. The van der Waals surface area contributed by atoms with Gasteiger partial charge in [0.2, 0.25) is 0 Å². The average molecular weight is 424 g/mol. The first-order valence-electron chi connectivity index (χ1n) is 9.06. The molecule has 4 rings (SSSR count). The van der Waals surface area contributed by atoms with Gasteiger partial charge >= 0.3 is 0 Å². The van der Waals surface area contributed by atoms with Crippen LogP contribution < -0.4 is 15.0 Å². The molecule has 4 aromatic rings. The van der Waals surface area contributed by atoms with Crippen LogP contribution in [0.5, 0.6) is 11.5 Å². The van der Waals surface area contributed by atoms with Crippen LogP contribution in [0.4, 0.5) is 0 Å². The lowest BCUT2D eigenvalue weighted by molar-refractivity contribution is 0.393. The maximum atomic E-state index is 13.2. The van der Waals surface area contributed by atoms with E-state index in [4.69, 9.17) is 25.6 Å². The predicted molar refractivity (Wildman–Crippen MR) is 116 cm³/mol. The number of aryl methyl sites for hydroxylation is 1. The van der Waals surface area contributed by atoms with Crippen molar-refractivity contribution in [3.63, 3.8) is 0 Å². The lowest BCUT2D eigenvalue weighted by atomic mass is 10.1. The minimum absolute atomic E-state index is 0.294. The summed E-state index contributed by atoms with van der Waals surface area (Å²) in [6.45, 7) is 1.75. The van der Waals surface area contributed by atoms with Gasteiger partial charge < -0.3 is 14.0 Å². The van der Waals surface area contributed by atoms with Gasteiger partial charge in [0.25, 0.3) is 5.56 Å². The van der Waals surface area contributed by atoms with Gasteiger partial charge in [0.1, 0.15) is 23.1 Å². The molecule has 0 aliphatic rings. The van der Waals surface area contributed by atoms with Crippen molar-refractivity contribution in [1.82, 2.24) is 14.7 Å². The molecule has 0 aliphatic heterocycles. The summed E-state index contributed by atoms with van der Waals surface area (Å²) < 4.78 is 17.2. The summed E-state index contributed by atoms with van der Waals surface area (Å²) in [5, 5.41) is 4.83. The van der Waals surface area contributed by atoms with Crippen LogP contribution in [-0.2, 0) is 0 Å². The second-order valence-corrected chi connectivity index (χ2v) is 6.95. The molecule has 0 saturated carbocycles.